The van der Waals surface area contributed by atoms with E-state index in [2.05, 4.69) is 67.4 Å². The molecule has 1 fully saturated rings. The van der Waals surface area contributed by atoms with Crippen LogP contribution in [-0.4, -0.2) is 27.6 Å². The van der Waals surface area contributed by atoms with E-state index in [1.807, 2.05) is 12.2 Å². The quantitative estimate of drug-likeness (QED) is 0.476. The topological polar surface area (TPSA) is 18.5 Å². The van der Waals surface area contributed by atoms with Gasteiger partial charge in [-0.15, -0.1) is 0 Å². The van der Waals surface area contributed by atoms with Crippen molar-refractivity contribution in [1.29, 1.82) is 0 Å². The Morgan fingerprint density at radius 2 is 1.88 bits per heavy atom. The van der Waals surface area contributed by atoms with Gasteiger partial charge >= 0.3 is 0 Å². The normalized spacial score (nSPS) is 19.7. The number of ether oxygens (including phenoxy) is 2. The summed E-state index contributed by atoms with van der Waals surface area (Å²) in [6.45, 7) is 6.26. The van der Waals surface area contributed by atoms with Gasteiger partial charge in [0.1, 0.15) is 0 Å². The van der Waals surface area contributed by atoms with Gasteiger partial charge in [0.05, 0.1) is 14.7 Å². The van der Waals surface area contributed by atoms with Gasteiger partial charge in [0.25, 0.3) is 0 Å². The zero-order chi connectivity index (χ0) is 17.1. The molecule has 1 heterocycles. The first kappa shape index (κ1) is 18.9. The Kier molecular flexibility index (Phi) is 8.23. The molecule has 1 aliphatic rings. The summed E-state index contributed by atoms with van der Waals surface area (Å²) in [6, 6.07) is 11.9. The van der Waals surface area contributed by atoms with Crippen molar-refractivity contribution in [2.75, 3.05) is 13.2 Å². The SMILES string of the molecule is C[Si](C)(/C=C/C=C/C=C/COC1CCCCO1)Cc1ccccc1. The zero-order valence-electron chi connectivity index (χ0n) is 15.0. The summed E-state index contributed by atoms with van der Waals surface area (Å²) in [5.74, 6) is 0. The molecular formula is C21H30O2Si. The van der Waals surface area contributed by atoms with E-state index in [1.54, 1.807) is 0 Å². The predicted octanol–water partition coefficient (Wildman–Crippen LogP) is 5.23. The lowest BCUT2D eigenvalue weighted by Crippen LogP contribution is -2.26. The van der Waals surface area contributed by atoms with Crippen LogP contribution in [0.5, 0.6) is 0 Å². The van der Waals surface area contributed by atoms with Crippen molar-refractivity contribution in [3.05, 3.63) is 72.0 Å². The van der Waals surface area contributed by atoms with Crippen LogP contribution in [-0.2, 0) is 15.5 Å². The Hall–Kier alpha value is -1.42. The fourth-order valence-corrected chi connectivity index (χ4v) is 4.80. The summed E-state index contributed by atoms with van der Waals surface area (Å²) in [5.41, 5.74) is 3.83. The Morgan fingerprint density at radius 3 is 2.62 bits per heavy atom. The molecule has 0 spiro atoms. The van der Waals surface area contributed by atoms with Crippen LogP contribution < -0.4 is 0 Å². The number of hydrogen-bond donors (Lipinski definition) is 0. The van der Waals surface area contributed by atoms with E-state index in [9.17, 15) is 0 Å². The average molecular weight is 343 g/mol. The van der Waals surface area contributed by atoms with E-state index in [0.717, 1.165) is 19.4 Å². The molecule has 1 aromatic rings. The molecule has 2 rings (SSSR count). The van der Waals surface area contributed by atoms with E-state index in [4.69, 9.17) is 9.47 Å². The fraction of sp³-hybridized carbons (Fsp3) is 0.429. The van der Waals surface area contributed by atoms with Gasteiger partial charge in [-0.1, -0.05) is 85.1 Å². The fourth-order valence-electron chi connectivity index (χ4n) is 2.76. The van der Waals surface area contributed by atoms with Gasteiger partial charge in [0.2, 0.25) is 0 Å². The molecule has 0 bridgehead atoms. The molecule has 24 heavy (non-hydrogen) atoms. The largest absolute Gasteiger partial charge is 0.353 e. The Labute approximate surface area is 147 Å². The van der Waals surface area contributed by atoms with Gasteiger partial charge < -0.3 is 9.47 Å². The van der Waals surface area contributed by atoms with Crippen molar-refractivity contribution < 1.29 is 9.47 Å². The van der Waals surface area contributed by atoms with Crippen LogP contribution in [0.1, 0.15) is 24.8 Å². The Morgan fingerprint density at radius 1 is 1.08 bits per heavy atom. The third-order valence-corrected chi connectivity index (χ3v) is 6.45. The summed E-state index contributed by atoms with van der Waals surface area (Å²) in [7, 11) is -1.34. The maximum atomic E-state index is 5.66. The molecule has 0 radical (unpaired) electrons. The van der Waals surface area contributed by atoms with Crippen molar-refractivity contribution in [1.82, 2.24) is 0 Å². The van der Waals surface area contributed by atoms with Crippen molar-refractivity contribution >= 4 is 8.07 Å². The molecule has 0 N–H and O–H groups in total. The lowest BCUT2D eigenvalue weighted by atomic mass is 10.2. The van der Waals surface area contributed by atoms with Gasteiger partial charge in [-0.2, -0.15) is 0 Å². The van der Waals surface area contributed by atoms with Crippen LogP contribution in [0.3, 0.4) is 0 Å². The molecule has 130 valence electrons. The van der Waals surface area contributed by atoms with Crippen LogP contribution in [0.15, 0.2) is 66.4 Å². The number of allylic oxidation sites excluding steroid dienone is 4. The van der Waals surface area contributed by atoms with E-state index in [0.29, 0.717) is 6.61 Å². The highest BCUT2D eigenvalue weighted by Crippen LogP contribution is 2.14. The lowest BCUT2D eigenvalue weighted by molar-refractivity contribution is -0.155. The van der Waals surface area contributed by atoms with Gasteiger partial charge in [0, 0.05) is 6.61 Å². The third-order valence-electron chi connectivity index (χ3n) is 4.04. The van der Waals surface area contributed by atoms with Crippen molar-refractivity contribution in [3.8, 4) is 0 Å². The molecule has 1 atom stereocenters. The second kappa shape index (κ2) is 10.4. The standard InChI is InChI=1S/C21H30O2Si/c1-24(2,19-20-13-7-6-8-14-20)18-12-5-3-4-10-16-22-21-15-9-11-17-23-21/h3-8,10,12-14,18,21H,9,11,15-17,19H2,1-2H3/b5-3+,10-4+,18-12+. The summed E-state index contributed by atoms with van der Waals surface area (Å²) in [4.78, 5) is 0. The number of benzene rings is 1. The summed E-state index contributed by atoms with van der Waals surface area (Å²) in [5, 5.41) is 0. The molecule has 0 aliphatic carbocycles. The van der Waals surface area contributed by atoms with E-state index < -0.39 is 8.07 Å². The molecule has 0 amide bonds. The van der Waals surface area contributed by atoms with E-state index >= 15 is 0 Å². The number of rotatable bonds is 8. The molecular weight excluding hydrogens is 312 g/mol. The highest BCUT2D eigenvalue weighted by molar-refractivity contribution is 6.81. The zero-order valence-corrected chi connectivity index (χ0v) is 16.0. The van der Waals surface area contributed by atoms with Crippen molar-refractivity contribution in [3.63, 3.8) is 0 Å². The first-order valence-corrected chi connectivity index (χ1v) is 12.2. The van der Waals surface area contributed by atoms with Crippen LogP contribution in [0, 0.1) is 0 Å². The van der Waals surface area contributed by atoms with Crippen LogP contribution >= 0.6 is 0 Å². The number of hydrogen-bond acceptors (Lipinski definition) is 2. The minimum Gasteiger partial charge on any atom is -0.353 e. The highest BCUT2D eigenvalue weighted by Gasteiger charge is 2.16. The van der Waals surface area contributed by atoms with Gasteiger partial charge in [-0.05, 0) is 25.3 Å². The molecule has 2 nitrogen and oxygen atoms in total. The third kappa shape index (κ3) is 7.91. The van der Waals surface area contributed by atoms with E-state index in [1.165, 1.54) is 18.0 Å². The molecule has 3 heteroatoms. The first-order chi connectivity index (χ1) is 11.7. The Balaban J connectivity index is 1.66. The van der Waals surface area contributed by atoms with Crippen LogP contribution in [0.25, 0.3) is 0 Å². The predicted molar refractivity (Wildman–Crippen MR) is 105 cm³/mol. The summed E-state index contributed by atoms with van der Waals surface area (Å²) < 4.78 is 11.2. The first-order valence-electron chi connectivity index (χ1n) is 8.94. The van der Waals surface area contributed by atoms with Crippen LogP contribution in [0.4, 0.5) is 0 Å². The monoisotopic (exact) mass is 342 g/mol. The smallest absolute Gasteiger partial charge is 0.157 e. The second-order valence-electron chi connectivity index (χ2n) is 6.95. The lowest BCUT2D eigenvalue weighted by Gasteiger charge is -2.21. The minimum absolute atomic E-state index is 0.00272. The van der Waals surface area contributed by atoms with E-state index in [-0.39, 0.29) is 6.29 Å². The molecule has 0 aromatic heterocycles. The average Bonchev–Trinajstić information content (AvgIpc) is 2.58. The maximum absolute atomic E-state index is 5.66. The van der Waals surface area contributed by atoms with Crippen molar-refractivity contribution in [2.45, 2.75) is 44.7 Å². The molecule has 0 saturated carbocycles. The second-order valence-corrected chi connectivity index (χ2v) is 11.6. The highest BCUT2D eigenvalue weighted by atomic mass is 28.3. The van der Waals surface area contributed by atoms with Gasteiger partial charge in [-0.3, -0.25) is 0 Å². The van der Waals surface area contributed by atoms with Crippen molar-refractivity contribution in [2.24, 2.45) is 0 Å². The summed E-state index contributed by atoms with van der Waals surface area (Å²) >= 11 is 0. The van der Waals surface area contributed by atoms with Gasteiger partial charge in [0.15, 0.2) is 6.29 Å². The molecule has 1 aromatic carbocycles. The summed E-state index contributed by atoms with van der Waals surface area (Å²) in [6.07, 6.45) is 13.8. The van der Waals surface area contributed by atoms with Crippen LogP contribution in [0.2, 0.25) is 13.1 Å². The minimum atomic E-state index is -1.34. The maximum Gasteiger partial charge on any atom is 0.157 e. The Bertz CT molecular complexity index is 540. The van der Waals surface area contributed by atoms with Gasteiger partial charge in [-0.25, -0.2) is 0 Å². The molecule has 1 unspecified atom stereocenters. The molecule has 1 saturated heterocycles. The molecule has 1 aliphatic heterocycles.